The molecule has 0 aliphatic carbocycles. The van der Waals surface area contributed by atoms with Crippen LogP contribution >= 0.6 is 0 Å². The summed E-state index contributed by atoms with van der Waals surface area (Å²) >= 11 is 0. The highest BCUT2D eigenvalue weighted by Gasteiger charge is 2.09. The average Bonchev–Trinajstić information content (AvgIpc) is 2.32. The summed E-state index contributed by atoms with van der Waals surface area (Å²) in [6.07, 6.45) is 0. The summed E-state index contributed by atoms with van der Waals surface area (Å²) in [5.41, 5.74) is 1.96. The Labute approximate surface area is 103 Å². The maximum atomic E-state index is 13.4. The van der Waals surface area contributed by atoms with Crippen LogP contribution in [0.1, 0.15) is 11.1 Å². The summed E-state index contributed by atoms with van der Waals surface area (Å²) in [5.74, 6) is -2.97. The van der Waals surface area contributed by atoms with Crippen LogP contribution in [-0.2, 0) is 6.54 Å². The van der Waals surface area contributed by atoms with Gasteiger partial charge in [-0.05, 0) is 30.7 Å². The zero-order valence-corrected chi connectivity index (χ0v) is 9.81. The number of hydrogen-bond acceptors (Lipinski definition) is 1. The van der Waals surface area contributed by atoms with Gasteiger partial charge in [-0.3, -0.25) is 0 Å². The highest BCUT2D eigenvalue weighted by atomic mass is 19.2. The van der Waals surface area contributed by atoms with Crippen LogP contribution in [0.3, 0.4) is 0 Å². The first-order valence-corrected chi connectivity index (χ1v) is 5.50. The number of benzene rings is 2. The van der Waals surface area contributed by atoms with E-state index < -0.39 is 17.5 Å². The summed E-state index contributed by atoms with van der Waals surface area (Å²) in [4.78, 5) is 0. The Balaban J connectivity index is 2.13. The van der Waals surface area contributed by atoms with Gasteiger partial charge < -0.3 is 5.32 Å². The number of nitrogens with one attached hydrogen (secondary N) is 1. The molecule has 1 nitrogen and oxygen atoms in total. The normalized spacial score (nSPS) is 10.4. The standard InChI is InChI=1S/C14H12F3N/c1-9-3-2-4-11(5-9)18-8-10-6-13(16)14(17)7-12(10)15/h2-7,18H,8H2,1H3. The number of anilines is 1. The zero-order valence-electron chi connectivity index (χ0n) is 9.81. The SMILES string of the molecule is Cc1cccc(NCc2cc(F)c(F)cc2F)c1. The molecule has 2 aromatic rings. The Morgan fingerprint density at radius 3 is 2.39 bits per heavy atom. The van der Waals surface area contributed by atoms with Crippen molar-refractivity contribution in [2.75, 3.05) is 5.32 Å². The molecule has 0 unspecified atom stereocenters. The zero-order chi connectivity index (χ0) is 13.1. The van der Waals surface area contributed by atoms with Crippen LogP contribution in [0.5, 0.6) is 0 Å². The molecule has 0 aliphatic rings. The van der Waals surface area contributed by atoms with Gasteiger partial charge in [0.1, 0.15) is 5.82 Å². The van der Waals surface area contributed by atoms with Crippen LogP contribution in [0.2, 0.25) is 0 Å². The average molecular weight is 251 g/mol. The molecular weight excluding hydrogens is 239 g/mol. The Bertz CT molecular complexity index is 567. The van der Waals surface area contributed by atoms with E-state index in [9.17, 15) is 13.2 Å². The summed E-state index contributed by atoms with van der Waals surface area (Å²) in [7, 11) is 0. The second-order valence-electron chi connectivity index (χ2n) is 4.08. The molecule has 0 amide bonds. The smallest absolute Gasteiger partial charge is 0.161 e. The number of rotatable bonds is 3. The first-order chi connectivity index (χ1) is 8.56. The van der Waals surface area contributed by atoms with Crippen molar-refractivity contribution in [3.05, 3.63) is 65.0 Å². The molecule has 0 fully saturated rings. The van der Waals surface area contributed by atoms with E-state index in [-0.39, 0.29) is 12.1 Å². The molecule has 0 aromatic heterocycles. The lowest BCUT2D eigenvalue weighted by molar-refractivity contribution is 0.490. The molecule has 4 heteroatoms. The van der Waals surface area contributed by atoms with E-state index in [1.54, 1.807) is 0 Å². The van der Waals surface area contributed by atoms with Gasteiger partial charge in [-0.15, -0.1) is 0 Å². The Kier molecular flexibility index (Phi) is 3.55. The summed E-state index contributed by atoms with van der Waals surface area (Å²) < 4.78 is 39.1. The van der Waals surface area contributed by atoms with Gasteiger partial charge in [0.25, 0.3) is 0 Å². The van der Waals surface area contributed by atoms with Gasteiger partial charge in [-0.1, -0.05) is 12.1 Å². The van der Waals surface area contributed by atoms with Crippen LogP contribution in [0.15, 0.2) is 36.4 Å². The molecule has 18 heavy (non-hydrogen) atoms. The Hall–Kier alpha value is -1.97. The molecule has 0 bridgehead atoms. The highest BCUT2D eigenvalue weighted by molar-refractivity contribution is 5.46. The lowest BCUT2D eigenvalue weighted by Crippen LogP contribution is -2.03. The first-order valence-electron chi connectivity index (χ1n) is 5.50. The van der Waals surface area contributed by atoms with E-state index in [1.807, 2.05) is 31.2 Å². The predicted molar refractivity (Wildman–Crippen MR) is 64.8 cm³/mol. The van der Waals surface area contributed by atoms with Gasteiger partial charge in [-0.2, -0.15) is 0 Å². The fourth-order valence-corrected chi connectivity index (χ4v) is 1.65. The van der Waals surface area contributed by atoms with Gasteiger partial charge in [0, 0.05) is 23.9 Å². The van der Waals surface area contributed by atoms with E-state index in [0.29, 0.717) is 6.07 Å². The number of hydrogen-bond donors (Lipinski definition) is 1. The molecule has 0 saturated heterocycles. The highest BCUT2D eigenvalue weighted by Crippen LogP contribution is 2.16. The third-order valence-corrected chi connectivity index (χ3v) is 2.59. The van der Waals surface area contributed by atoms with Crippen LogP contribution in [0.25, 0.3) is 0 Å². The van der Waals surface area contributed by atoms with Crippen molar-refractivity contribution in [2.45, 2.75) is 13.5 Å². The molecular formula is C14H12F3N. The van der Waals surface area contributed by atoms with Gasteiger partial charge in [-0.25, -0.2) is 13.2 Å². The fourth-order valence-electron chi connectivity index (χ4n) is 1.65. The van der Waals surface area contributed by atoms with E-state index in [2.05, 4.69) is 5.32 Å². The molecule has 2 rings (SSSR count). The molecule has 0 radical (unpaired) electrons. The molecule has 0 saturated carbocycles. The molecule has 1 N–H and O–H groups in total. The maximum absolute atomic E-state index is 13.4. The van der Waals surface area contributed by atoms with E-state index in [1.165, 1.54) is 0 Å². The predicted octanol–water partition coefficient (Wildman–Crippen LogP) is 4.02. The Morgan fingerprint density at radius 1 is 0.944 bits per heavy atom. The largest absolute Gasteiger partial charge is 0.381 e. The Morgan fingerprint density at radius 2 is 1.67 bits per heavy atom. The quantitative estimate of drug-likeness (QED) is 0.812. The van der Waals surface area contributed by atoms with Crippen LogP contribution in [0, 0.1) is 24.4 Å². The van der Waals surface area contributed by atoms with Crippen molar-refractivity contribution in [3.63, 3.8) is 0 Å². The van der Waals surface area contributed by atoms with Gasteiger partial charge in [0.15, 0.2) is 11.6 Å². The van der Waals surface area contributed by atoms with Crippen LogP contribution in [-0.4, -0.2) is 0 Å². The first kappa shape index (κ1) is 12.5. The van der Waals surface area contributed by atoms with Crippen LogP contribution < -0.4 is 5.32 Å². The minimum Gasteiger partial charge on any atom is -0.381 e. The van der Waals surface area contributed by atoms with Crippen molar-refractivity contribution in [3.8, 4) is 0 Å². The monoisotopic (exact) mass is 251 g/mol. The van der Waals surface area contributed by atoms with Crippen molar-refractivity contribution in [1.29, 1.82) is 0 Å². The molecule has 2 aromatic carbocycles. The fraction of sp³-hybridized carbons (Fsp3) is 0.143. The van der Waals surface area contributed by atoms with Crippen molar-refractivity contribution in [2.24, 2.45) is 0 Å². The summed E-state index contributed by atoms with van der Waals surface area (Å²) in [6.45, 7) is 2.04. The van der Waals surface area contributed by atoms with E-state index in [4.69, 9.17) is 0 Å². The molecule has 0 heterocycles. The van der Waals surface area contributed by atoms with Gasteiger partial charge in [0.05, 0.1) is 0 Å². The summed E-state index contributed by atoms with van der Waals surface area (Å²) in [6, 6.07) is 8.93. The topological polar surface area (TPSA) is 12.0 Å². The third kappa shape index (κ3) is 2.83. The second-order valence-corrected chi connectivity index (χ2v) is 4.08. The number of halogens is 3. The lowest BCUT2D eigenvalue weighted by Gasteiger charge is -2.08. The van der Waals surface area contributed by atoms with Crippen LogP contribution in [0.4, 0.5) is 18.9 Å². The van der Waals surface area contributed by atoms with E-state index >= 15 is 0 Å². The maximum Gasteiger partial charge on any atom is 0.161 e. The minimum absolute atomic E-state index is 0.0930. The van der Waals surface area contributed by atoms with Crippen molar-refractivity contribution in [1.82, 2.24) is 0 Å². The van der Waals surface area contributed by atoms with Gasteiger partial charge in [0.2, 0.25) is 0 Å². The minimum atomic E-state index is -1.17. The molecule has 94 valence electrons. The van der Waals surface area contributed by atoms with E-state index in [0.717, 1.165) is 17.3 Å². The van der Waals surface area contributed by atoms with Crippen molar-refractivity contribution < 1.29 is 13.2 Å². The molecule has 0 atom stereocenters. The molecule has 0 spiro atoms. The number of aryl methyl sites for hydroxylation is 1. The lowest BCUT2D eigenvalue weighted by atomic mass is 10.2. The molecule has 0 aliphatic heterocycles. The van der Waals surface area contributed by atoms with Crippen molar-refractivity contribution >= 4 is 5.69 Å². The third-order valence-electron chi connectivity index (χ3n) is 2.59. The summed E-state index contributed by atoms with van der Waals surface area (Å²) in [5, 5.41) is 2.96. The second kappa shape index (κ2) is 5.12. The van der Waals surface area contributed by atoms with Gasteiger partial charge >= 0.3 is 0 Å².